The Balaban J connectivity index is 1.92. The number of methoxy groups -OCH3 is 1. The van der Waals surface area contributed by atoms with Crippen molar-refractivity contribution in [3.63, 3.8) is 0 Å². The normalized spacial score (nSPS) is 13.5. The number of fused-ring (bicyclic) bond motifs is 1. The molecule has 0 aromatic heterocycles. The SMILES string of the molecule is CCNC(=O)C(C)N(Cc1cccc(OC)c1)C(=O)CN(c1ccc2c(c1)OCCO2)S(C)(=O)=O. The van der Waals surface area contributed by atoms with Crippen LogP contribution in [0.3, 0.4) is 0 Å². The van der Waals surface area contributed by atoms with Gasteiger partial charge in [-0.15, -0.1) is 0 Å². The van der Waals surface area contributed by atoms with Gasteiger partial charge in [-0.3, -0.25) is 13.9 Å². The lowest BCUT2D eigenvalue weighted by atomic mass is 10.1. The monoisotopic (exact) mass is 505 g/mol. The first-order chi connectivity index (χ1) is 16.6. The molecule has 3 rings (SSSR count). The summed E-state index contributed by atoms with van der Waals surface area (Å²) >= 11 is 0. The van der Waals surface area contributed by atoms with Crippen molar-refractivity contribution in [2.45, 2.75) is 26.4 Å². The molecule has 10 nitrogen and oxygen atoms in total. The molecule has 2 aromatic rings. The van der Waals surface area contributed by atoms with E-state index in [1.807, 2.05) is 6.07 Å². The summed E-state index contributed by atoms with van der Waals surface area (Å²) in [5.41, 5.74) is 0.996. The molecule has 11 heteroatoms. The summed E-state index contributed by atoms with van der Waals surface area (Å²) in [7, 11) is -2.31. The molecule has 0 aliphatic carbocycles. The smallest absolute Gasteiger partial charge is 0.244 e. The van der Waals surface area contributed by atoms with E-state index in [9.17, 15) is 18.0 Å². The maximum atomic E-state index is 13.5. The molecule has 1 aliphatic rings. The van der Waals surface area contributed by atoms with Crippen LogP contribution in [-0.2, 0) is 26.2 Å². The summed E-state index contributed by atoms with van der Waals surface area (Å²) in [4.78, 5) is 27.5. The zero-order chi connectivity index (χ0) is 25.6. The molecule has 0 saturated heterocycles. The zero-order valence-electron chi connectivity index (χ0n) is 20.3. The van der Waals surface area contributed by atoms with Gasteiger partial charge in [0.2, 0.25) is 21.8 Å². The molecule has 2 aromatic carbocycles. The Labute approximate surface area is 205 Å². The van der Waals surface area contributed by atoms with Gasteiger partial charge in [-0.05, 0) is 43.7 Å². The lowest BCUT2D eigenvalue weighted by Gasteiger charge is -2.31. The van der Waals surface area contributed by atoms with Gasteiger partial charge < -0.3 is 24.4 Å². The summed E-state index contributed by atoms with van der Waals surface area (Å²) < 4.78 is 42.7. The van der Waals surface area contributed by atoms with Crippen LogP contribution in [0.2, 0.25) is 0 Å². The van der Waals surface area contributed by atoms with E-state index in [1.165, 1.54) is 18.1 Å². The Hall–Kier alpha value is -3.47. The highest BCUT2D eigenvalue weighted by Crippen LogP contribution is 2.34. The standard InChI is InChI=1S/C24H31N3O7S/c1-5-25-24(29)17(2)26(15-18-7-6-8-20(13-18)32-3)23(28)16-27(35(4,30)31)19-9-10-21-22(14-19)34-12-11-33-21/h6-10,13-14,17H,5,11-12,15-16H2,1-4H3,(H,25,29). The molecule has 1 atom stereocenters. The fourth-order valence-corrected chi connectivity index (χ4v) is 4.51. The van der Waals surface area contributed by atoms with Gasteiger partial charge in [-0.1, -0.05) is 12.1 Å². The van der Waals surface area contributed by atoms with Gasteiger partial charge in [0.05, 0.1) is 19.1 Å². The number of nitrogens with zero attached hydrogens (tertiary/aromatic N) is 2. The first-order valence-electron chi connectivity index (χ1n) is 11.2. The molecule has 0 spiro atoms. The number of rotatable bonds is 10. The predicted octanol–water partition coefficient (Wildman–Crippen LogP) is 1.79. The van der Waals surface area contributed by atoms with Crippen LogP contribution < -0.4 is 23.8 Å². The second kappa shape index (κ2) is 11.3. The van der Waals surface area contributed by atoms with E-state index in [0.29, 0.717) is 37.0 Å². The lowest BCUT2D eigenvalue weighted by molar-refractivity contribution is -0.139. The second-order valence-electron chi connectivity index (χ2n) is 8.04. The number of ether oxygens (including phenoxy) is 3. The summed E-state index contributed by atoms with van der Waals surface area (Å²) in [6.45, 7) is 4.13. The minimum absolute atomic E-state index is 0.0904. The van der Waals surface area contributed by atoms with E-state index >= 15 is 0 Å². The third kappa shape index (κ3) is 6.56. The van der Waals surface area contributed by atoms with Gasteiger partial charge >= 0.3 is 0 Å². The van der Waals surface area contributed by atoms with Crippen LogP contribution in [-0.4, -0.2) is 70.8 Å². The molecule has 1 aliphatic heterocycles. The van der Waals surface area contributed by atoms with Crippen molar-refractivity contribution in [1.82, 2.24) is 10.2 Å². The summed E-state index contributed by atoms with van der Waals surface area (Å²) in [5, 5.41) is 2.72. The zero-order valence-corrected chi connectivity index (χ0v) is 21.1. The minimum Gasteiger partial charge on any atom is -0.497 e. The molecule has 35 heavy (non-hydrogen) atoms. The Morgan fingerprint density at radius 2 is 1.83 bits per heavy atom. The third-order valence-electron chi connectivity index (χ3n) is 5.50. The van der Waals surface area contributed by atoms with E-state index < -0.39 is 28.5 Å². The van der Waals surface area contributed by atoms with Crippen molar-refractivity contribution in [2.24, 2.45) is 0 Å². The van der Waals surface area contributed by atoms with E-state index in [1.54, 1.807) is 44.2 Å². The maximum Gasteiger partial charge on any atom is 0.244 e. The first-order valence-corrected chi connectivity index (χ1v) is 13.1. The van der Waals surface area contributed by atoms with Crippen molar-refractivity contribution >= 4 is 27.5 Å². The van der Waals surface area contributed by atoms with Crippen LogP contribution in [0.15, 0.2) is 42.5 Å². The number of benzene rings is 2. The number of carbonyl (C=O) groups is 2. The van der Waals surface area contributed by atoms with Crippen LogP contribution in [0.25, 0.3) is 0 Å². The quantitative estimate of drug-likeness (QED) is 0.524. The van der Waals surface area contributed by atoms with Gasteiger partial charge in [-0.25, -0.2) is 8.42 Å². The second-order valence-corrected chi connectivity index (χ2v) is 9.95. The number of amides is 2. The minimum atomic E-state index is -3.84. The number of hydrogen-bond donors (Lipinski definition) is 1. The van der Waals surface area contributed by atoms with Crippen molar-refractivity contribution in [3.8, 4) is 17.2 Å². The van der Waals surface area contributed by atoms with Gasteiger partial charge in [0.15, 0.2) is 11.5 Å². The molecular formula is C24H31N3O7S. The number of carbonyl (C=O) groups excluding carboxylic acids is 2. The van der Waals surface area contributed by atoms with E-state index in [4.69, 9.17) is 14.2 Å². The van der Waals surface area contributed by atoms with Crippen molar-refractivity contribution < 1.29 is 32.2 Å². The Morgan fingerprint density at radius 1 is 1.11 bits per heavy atom. The van der Waals surface area contributed by atoms with Crippen molar-refractivity contribution in [2.75, 3.05) is 44.0 Å². The van der Waals surface area contributed by atoms with E-state index in [2.05, 4.69) is 5.32 Å². The summed E-state index contributed by atoms with van der Waals surface area (Å²) in [6, 6.07) is 11.0. The molecule has 1 unspecified atom stereocenters. The van der Waals surface area contributed by atoms with Crippen LogP contribution in [0.4, 0.5) is 5.69 Å². The molecule has 2 amide bonds. The van der Waals surface area contributed by atoms with E-state index in [-0.39, 0.29) is 18.1 Å². The summed E-state index contributed by atoms with van der Waals surface area (Å²) in [5.74, 6) is 0.638. The average Bonchev–Trinajstić information content (AvgIpc) is 2.84. The topological polar surface area (TPSA) is 114 Å². The van der Waals surface area contributed by atoms with Crippen LogP contribution in [0.1, 0.15) is 19.4 Å². The van der Waals surface area contributed by atoms with Crippen LogP contribution >= 0.6 is 0 Å². The largest absolute Gasteiger partial charge is 0.497 e. The van der Waals surface area contributed by atoms with Crippen molar-refractivity contribution in [1.29, 1.82) is 0 Å². The number of anilines is 1. The van der Waals surface area contributed by atoms with E-state index in [0.717, 1.165) is 16.1 Å². The summed E-state index contributed by atoms with van der Waals surface area (Å²) in [6.07, 6.45) is 1.02. The predicted molar refractivity (Wildman–Crippen MR) is 131 cm³/mol. The highest BCUT2D eigenvalue weighted by atomic mass is 32.2. The molecular weight excluding hydrogens is 474 g/mol. The Morgan fingerprint density at radius 3 is 2.49 bits per heavy atom. The molecule has 190 valence electrons. The highest BCUT2D eigenvalue weighted by Gasteiger charge is 2.30. The molecule has 1 heterocycles. The fourth-order valence-electron chi connectivity index (χ4n) is 3.67. The first kappa shape index (κ1) is 26.1. The number of nitrogens with one attached hydrogen (secondary N) is 1. The average molecular weight is 506 g/mol. The Bertz CT molecular complexity index is 1170. The number of likely N-dealkylation sites (N-methyl/N-ethyl adjacent to an activating group) is 1. The van der Waals surface area contributed by atoms with Gasteiger partial charge in [0.1, 0.15) is 31.5 Å². The highest BCUT2D eigenvalue weighted by molar-refractivity contribution is 7.92. The number of hydrogen-bond acceptors (Lipinski definition) is 7. The maximum absolute atomic E-state index is 13.5. The van der Waals surface area contributed by atoms with Crippen LogP contribution in [0.5, 0.6) is 17.2 Å². The van der Waals surface area contributed by atoms with Gasteiger partial charge in [0, 0.05) is 19.2 Å². The lowest BCUT2D eigenvalue weighted by Crippen LogP contribution is -2.51. The van der Waals surface area contributed by atoms with Gasteiger partial charge in [0.25, 0.3) is 0 Å². The Kier molecular flexibility index (Phi) is 8.44. The molecule has 1 N–H and O–H groups in total. The van der Waals surface area contributed by atoms with Gasteiger partial charge in [-0.2, -0.15) is 0 Å². The molecule has 0 fully saturated rings. The third-order valence-corrected chi connectivity index (χ3v) is 6.64. The molecule has 0 saturated carbocycles. The van der Waals surface area contributed by atoms with Crippen LogP contribution in [0, 0.1) is 0 Å². The molecule has 0 radical (unpaired) electrons. The van der Waals surface area contributed by atoms with Crippen molar-refractivity contribution in [3.05, 3.63) is 48.0 Å². The fraction of sp³-hybridized carbons (Fsp3) is 0.417. The number of sulfonamides is 1. The molecule has 0 bridgehead atoms.